The lowest BCUT2D eigenvalue weighted by Crippen LogP contribution is -2.45. The summed E-state index contributed by atoms with van der Waals surface area (Å²) in [6.07, 6.45) is 0. The van der Waals surface area contributed by atoms with E-state index in [1.165, 1.54) is 11.1 Å². The van der Waals surface area contributed by atoms with Crippen LogP contribution < -0.4 is 9.47 Å². The normalized spacial score (nSPS) is 14.3. The molecular weight excluding hydrogens is 424 g/mol. The predicted molar refractivity (Wildman–Crippen MR) is 117 cm³/mol. The maximum atomic E-state index is 9.10. The highest BCUT2D eigenvalue weighted by Gasteiger charge is 2.18. The van der Waals surface area contributed by atoms with Gasteiger partial charge in [0.1, 0.15) is 11.5 Å². The van der Waals surface area contributed by atoms with Gasteiger partial charge in [-0.15, -0.1) is 0 Å². The van der Waals surface area contributed by atoms with Crippen molar-refractivity contribution in [2.75, 3.05) is 40.4 Å². The van der Waals surface area contributed by atoms with Gasteiger partial charge in [-0.1, -0.05) is 29.8 Å². The molecule has 0 radical (unpaired) electrons. The van der Waals surface area contributed by atoms with Crippen molar-refractivity contribution in [2.24, 2.45) is 0 Å². The summed E-state index contributed by atoms with van der Waals surface area (Å²) in [5.74, 6) is -1.93. The predicted octanol–water partition coefficient (Wildman–Crippen LogP) is 2.83. The average Bonchev–Trinajstić information content (AvgIpc) is 2.77. The molecule has 1 aliphatic rings. The summed E-state index contributed by atoms with van der Waals surface area (Å²) >= 11 is 5.96. The van der Waals surface area contributed by atoms with Crippen LogP contribution in [0.5, 0.6) is 11.5 Å². The molecule has 0 amide bonds. The van der Waals surface area contributed by atoms with E-state index >= 15 is 0 Å². The van der Waals surface area contributed by atoms with Crippen LogP contribution in [0.1, 0.15) is 11.1 Å². The molecule has 3 rings (SSSR count). The molecule has 2 aromatic rings. The first kappa shape index (κ1) is 24.5. The van der Waals surface area contributed by atoms with E-state index in [9.17, 15) is 0 Å². The Labute approximate surface area is 186 Å². The van der Waals surface area contributed by atoms with Gasteiger partial charge in [-0.3, -0.25) is 9.80 Å². The van der Waals surface area contributed by atoms with E-state index in [4.69, 9.17) is 40.9 Å². The van der Waals surface area contributed by atoms with Gasteiger partial charge in [0.2, 0.25) is 0 Å². The summed E-state index contributed by atoms with van der Waals surface area (Å²) < 4.78 is 10.8. The molecule has 1 fully saturated rings. The van der Waals surface area contributed by atoms with Crippen molar-refractivity contribution >= 4 is 23.5 Å². The van der Waals surface area contributed by atoms with Crippen molar-refractivity contribution in [1.82, 2.24) is 9.80 Å². The molecular formula is C22H27ClN2O6. The van der Waals surface area contributed by atoms with Crippen molar-refractivity contribution in [3.8, 4) is 11.5 Å². The molecule has 0 atom stereocenters. The van der Waals surface area contributed by atoms with E-state index < -0.39 is 11.9 Å². The monoisotopic (exact) mass is 450 g/mol. The maximum absolute atomic E-state index is 9.10. The minimum absolute atomic E-state index is 0.794. The highest BCUT2D eigenvalue weighted by Crippen LogP contribution is 2.26. The van der Waals surface area contributed by atoms with Crippen LogP contribution in [-0.2, 0) is 22.7 Å². The number of rotatable bonds is 6. The first-order valence-electron chi connectivity index (χ1n) is 9.68. The van der Waals surface area contributed by atoms with Crippen LogP contribution in [0, 0.1) is 0 Å². The van der Waals surface area contributed by atoms with Gasteiger partial charge in [0, 0.05) is 55.9 Å². The van der Waals surface area contributed by atoms with E-state index in [-0.39, 0.29) is 0 Å². The van der Waals surface area contributed by atoms with Crippen molar-refractivity contribution in [3.05, 3.63) is 58.6 Å². The molecule has 0 bridgehead atoms. The highest BCUT2D eigenvalue weighted by molar-refractivity contribution is 6.30. The largest absolute Gasteiger partial charge is 0.497 e. The Morgan fingerprint density at radius 3 is 1.90 bits per heavy atom. The molecule has 2 N–H and O–H groups in total. The SMILES string of the molecule is COc1ccc(CN2CCN(Cc3ccc(Cl)cc3)CC2)c(OC)c1.O=C(O)C(=O)O. The minimum atomic E-state index is -1.82. The molecule has 168 valence electrons. The summed E-state index contributed by atoms with van der Waals surface area (Å²) in [5, 5.41) is 15.6. The lowest BCUT2D eigenvalue weighted by molar-refractivity contribution is -0.159. The molecule has 0 aromatic heterocycles. The Kier molecular flexibility index (Phi) is 9.58. The standard InChI is InChI=1S/C20H25ClN2O2.C2H2O4/c1-24-19-8-5-17(20(13-19)25-2)15-23-11-9-22(10-12-23)14-16-3-6-18(21)7-4-16;3-1(4)2(5)6/h3-8,13H,9-12,14-15H2,1-2H3;(H,3,4)(H,5,6). The number of ether oxygens (including phenoxy) is 2. The number of carboxylic acids is 2. The smallest absolute Gasteiger partial charge is 0.414 e. The molecule has 31 heavy (non-hydrogen) atoms. The first-order chi connectivity index (χ1) is 14.8. The summed E-state index contributed by atoms with van der Waals surface area (Å²) in [6, 6.07) is 14.2. The maximum Gasteiger partial charge on any atom is 0.414 e. The average molecular weight is 451 g/mol. The topological polar surface area (TPSA) is 99.5 Å². The third-order valence-electron chi connectivity index (χ3n) is 4.86. The second-order valence-electron chi connectivity index (χ2n) is 6.97. The molecule has 1 aliphatic heterocycles. The number of nitrogens with zero attached hydrogens (tertiary/aromatic N) is 2. The van der Waals surface area contributed by atoms with Gasteiger partial charge in [0.25, 0.3) is 0 Å². The van der Waals surface area contributed by atoms with Crippen molar-refractivity contribution in [3.63, 3.8) is 0 Å². The van der Waals surface area contributed by atoms with E-state index in [2.05, 4.69) is 28.0 Å². The van der Waals surface area contributed by atoms with Gasteiger partial charge in [-0.2, -0.15) is 0 Å². The molecule has 8 nitrogen and oxygen atoms in total. The summed E-state index contributed by atoms with van der Waals surface area (Å²) in [5.41, 5.74) is 2.52. The zero-order chi connectivity index (χ0) is 22.8. The van der Waals surface area contributed by atoms with Crippen LogP contribution in [0.4, 0.5) is 0 Å². The highest BCUT2D eigenvalue weighted by atomic mass is 35.5. The van der Waals surface area contributed by atoms with Crippen LogP contribution in [-0.4, -0.2) is 72.4 Å². The first-order valence-corrected chi connectivity index (χ1v) is 10.1. The van der Waals surface area contributed by atoms with Gasteiger partial charge in [0.15, 0.2) is 0 Å². The second kappa shape index (κ2) is 12.1. The number of piperazine rings is 1. The summed E-state index contributed by atoms with van der Waals surface area (Å²) in [4.78, 5) is 23.2. The van der Waals surface area contributed by atoms with E-state index in [1.807, 2.05) is 24.3 Å². The van der Waals surface area contributed by atoms with Gasteiger partial charge in [-0.25, -0.2) is 9.59 Å². The molecule has 1 saturated heterocycles. The van der Waals surface area contributed by atoms with Gasteiger partial charge in [-0.05, 0) is 23.8 Å². The molecule has 0 spiro atoms. The molecule has 0 aliphatic carbocycles. The third-order valence-corrected chi connectivity index (χ3v) is 5.11. The van der Waals surface area contributed by atoms with Crippen LogP contribution >= 0.6 is 11.6 Å². The van der Waals surface area contributed by atoms with Crippen molar-refractivity contribution in [1.29, 1.82) is 0 Å². The Morgan fingerprint density at radius 1 is 0.871 bits per heavy atom. The minimum Gasteiger partial charge on any atom is -0.497 e. The zero-order valence-electron chi connectivity index (χ0n) is 17.6. The molecule has 9 heteroatoms. The summed E-state index contributed by atoms with van der Waals surface area (Å²) in [7, 11) is 3.39. The van der Waals surface area contributed by atoms with E-state index in [1.54, 1.807) is 14.2 Å². The number of benzene rings is 2. The third kappa shape index (κ3) is 8.09. The lowest BCUT2D eigenvalue weighted by atomic mass is 10.1. The quantitative estimate of drug-likeness (QED) is 0.648. The summed E-state index contributed by atoms with van der Waals surface area (Å²) in [6.45, 7) is 6.15. The van der Waals surface area contributed by atoms with Gasteiger partial charge in [0.05, 0.1) is 14.2 Å². The van der Waals surface area contributed by atoms with Gasteiger partial charge < -0.3 is 19.7 Å². The second-order valence-corrected chi connectivity index (χ2v) is 7.40. The number of aliphatic carboxylic acids is 2. The van der Waals surface area contributed by atoms with Crippen molar-refractivity contribution < 1.29 is 29.3 Å². The molecule has 2 aromatic carbocycles. The number of hydrogen-bond acceptors (Lipinski definition) is 6. The van der Waals surface area contributed by atoms with Crippen LogP contribution in [0.15, 0.2) is 42.5 Å². The van der Waals surface area contributed by atoms with Crippen LogP contribution in [0.3, 0.4) is 0 Å². The molecule has 0 unspecified atom stereocenters. The lowest BCUT2D eigenvalue weighted by Gasteiger charge is -2.35. The Bertz CT molecular complexity index is 855. The number of carbonyl (C=O) groups is 2. The number of methoxy groups -OCH3 is 2. The van der Waals surface area contributed by atoms with E-state index in [0.29, 0.717) is 0 Å². The van der Waals surface area contributed by atoms with Gasteiger partial charge >= 0.3 is 11.9 Å². The van der Waals surface area contributed by atoms with Crippen LogP contribution in [0.25, 0.3) is 0 Å². The van der Waals surface area contributed by atoms with Crippen molar-refractivity contribution in [2.45, 2.75) is 13.1 Å². The molecule has 1 heterocycles. The van der Waals surface area contributed by atoms with Crippen LogP contribution in [0.2, 0.25) is 5.02 Å². The number of halogens is 1. The Morgan fingerprint density at radius 2 is 1.42 bits per heavy atom. The fourth-order valence-electron chi connectivity index (χ4n) is 3.18. The zero-order valence-corrected chi connectivity index (χ0v) is 18.3. The number of hydrogen-bond donors (Lipinski definition) is 2. The Hall–Kier alpha value is -2.81. The Balaban J connectivity index is 0.000000501. The fourth-order valence-corrected chi connectivity index (χ4v) is 3.30. The molecule has 0 saturated carbocycles. The number of carboxylic acid groups (broad SMARTS) is 2. The fraction of sp³-hybridized carbons (Fsp3) is 0.364. The van der Waals surface area contributed by atoms with E-state index in [0.717, 1.165) is 55.8 Å².